The van der Waals surface area contributed by atoms with Crippen LogP contribution < -0.4 is 0 Å². The molecule has 0 fully saturated rings. The lowest BCUT2D eigenvalue weighted by Gasteiger charge is -2.21. The smallest absolute Gasteiger partial charge is 0.306 e. The van der Waals surface area contributed by atoms with Gasteiger partial charge >= 0.3 is 5.97 Å². The monoisotopic (exact) mass is 242 g/mol. The van der Waals surface area contributed by atoms with E-state index in [4.69, 9.17) is 4.74 Å². The SMILES string of the molecule is COC(=O)CC1(/C=C/c2ccccc2)C=CCC1. The minimum atomic E-state index is -0.164. The third-order valence-corrected chi connectivity index (χ3v) is 3.33. The molecule has 0 amide bonds. The topological polar surface area (TPSA) is 26.3 Å². The molecule has 2 heteroatoms. The van der Waals surface area contributed by atoms with Crippen LogP contribution in [0, 0.1) is 5.41 Å². The molecule has 1 aliphatic rings. The van der Waals surface area contributed by atoms with E-state index in [1.807, 2.05) is 18.2 Å². The van der Waals surface area contributed by atoms with E-state index in [-0.39, 0.29) is 11.4 Å². The maximum absolute atomic E-state index is 11.5. The zero-order valence-electron chi connectivity index (χ0n) is 10.6. The van der Waals surface area contributed by atoms with Crippen molar-refractivity contribution in [1.82, 2.24) is 0 Å². The van der Waals surface area contributed by atoms with Gasteiger partial charge in [0, 0.05) is 5.41 Å². The van der Waals surface area contributed by atoms with Crippen LogP contribution in [0.25, 0.3) is 6.08 Å². The second-order valence-electron chi connectivity index (χ2n) is 4.67. The number of methoxy groups -OCH3 is 1. The van der Waals surface area contributed by atoms with Crippen molar-refractivity contribution in [2.24, 2.45) is 5.41 Å². The van der Waals surface area contributed by atoms with Crippen LogP contribution in [0.15, 0.2) is 48.6 Å². The highest BCUT2D eigenvalue weighted by molar-refractivity contribution is 5.71. The molecule has 2 nitrogen and oxygen atoms in total. The molecule has 0 aromatic heterocycles. The molecule has 18 heavy (non-hydrogen) atoms. The zero-order valence-corrected chi connectivity index (χ0v) is 10.6. The first-order chi connectivity index (χ1) is 8.74. The van der Waals surface area contributed by atoms with Crippen molar-refractivity contribution >= 4 is 12.0 Å². The molecular formula is C16H18O2. The summed E-state index contributed by atoms with van der Waals surface area (Å²) in [5.41, 5.74) is 0.991. The molecule has 0 bridgehead atoms. The highest BCUT2D eigenvalue weighted by atomic mass is 16.5. The van der Waals surface area contributed by atoms with Crippen LogP contribution in [0.3, 0.4) is 0 Å². The average Bonchev–Trinajstić information content (AvgIpc) is 2.86. The number of carbonyl (C=O) groups excluding carboxylic acids is 1. The fourth-order valence-electron chi connectivity index (χ4n) is 2.27. The lowest BCUT2D eigenvalue weighted by Crippen LogP contribution is -2.18. The maximum atomic E-state index is 11.5. The van der Waals surface area contributed by atoms with Crippen molar-refractivity contribution in [3.8, 4) is 0 Å². The van der Waals surface area contributed by atoms with E-state index in [1.165, 1.54) is 7.11 Å². The Hall–Kier alpha value is -1.83. The van der Waals surface area contributed by atoms with Crippen LogP contribution in [0.1, 0.15) is 24.8 Å². The number of hydrogen-bond donors (Lipinski definition) is 0. The van der Waals surface area contributed by atoms with Crippen LogP contribution in [-0.4, -0.2) is 13.1 Å². The Balaban J connectivity index is 2.14. The van der Waals surface area contributed by atoms with Gasteiger partial charge in [0.25, 0.3) is 0 Å². The van der Waals surface area contributed by atoms with Gasteiger partial charge in [-0.25, -0.2) is 0 Å². The third-order valence-electron chi connectivity index (χ3n) is 3.33. The summed E-state index contributed by atoms with van der Waals surface area (Å²) in [6, 6.07) is 10.1. The van der Waals surface area contributed by atoms with Crippen molar-refractivity contribution in [2.75, 3.05) is 7.11 Å². The Morgan fingerprint density at radius 2 is 2.17 bits per heavy atom. The van der Waals surface area contributed by atoms with Crippen LogP contribution in [0.5, 0.6) is 0 Å². The molecular weight excluding hydrogens is 224 g/mol. The lowest BCUT2D eigenvalue weighted by molar-refractivity contribution is -0.142. The Kier molecular flexibility index (Phi) is 3.98. The van der Waals surface area contributed by atoms with Crippen LogP contribution in [-0.2, 0) is 9.53 Å². The van der Waals surface area contributed by atoms with Crippen LogP contribution in [0.4, 0.5) is 0 Å². The first-order valence-electron chi connectivity index (χ1n) is 6.23. The number of allylic oxidation sites excluding steroid dienone is 3. The minimum Gasteiger partial charge on any atom is -0.469 e. The van der Waals surface area contributed by atoms with Gasteiger partial charge in [-0.2, -0.15) is 0 Å². The summed E-state index contributed by atoms with van der Waals surface area (Å²) in [6.07, 6.45) is 10.9. The van der Waals surface area contributed by atoms with Gasteiger partial charge in [-0.1, -0.05) is 54.6 Å². The van der Waals surface area contributed by atoms with Gasteiger partial charge in [0.15, 0.2) is 0 Å². The number of rotatable bonds is 4. The summed E-state index contributed by atoms with van der Waals surface area (Å²) >= 11 is 0. The van der Waals surface area contributed by atoms with Gasteiger partial charge in [-0.3, -0.25) is 4.79 Å². The second-order valence-corrected chi connectivity index (χ2v) is 4.67. The summed E-state index contributed by atoms with van der Waals surface area (Å²) in [5, 5.41) is 0. The van der Waals surface area contributed by atoms with E-state index in [0.29, 0.717) is 6.42 Å². The first kappa shape index (κ1) is 12.6. The summed E-state index contributed by atoms with van der Waals surface area (Å²) in [6.45, 7) is 0. The number of esters is 1. The summed E-state index contributed by atoms with van der Waals surface area (Å²) in [7, 11) is 1.44. The molecule has 94 valence electrons. The fraction of sp³-hybridized carbons (Fsp3) is 0.312. The molecule has 0 saturated heterocycles. The summed E-state index contributed by atoms with van der Waals surface area (Å²) in [4.78, 5) is 11.5. The molecule has 0 saturated carbocycles. The predicted molar refractivity (Wildman–Crippen MR) is 72.9 cm³/mol. The molecule has 2 rings (SSSR count). The molecule has 0 heterocycles. The van der Waals surface area contributed by atoms with Gasteiger partial charge in [0.05, 0.1) is 13.5 Å². The Morgan fingerprint density at radius 1 is 1.39 bits per heavy atom. The van der Waals surface area contributed by atoms with Crippen molar-refractivity contribution in [3.05, 3.63) is 54.1 Å². The predicted octanol–water partition coefficient (Wildman–Crippen LogP) is 3.60. The Labute approximate surface area is 108 Å². The third kappa shape index (κ3) is 3.10. The molecule has 0 spiro atoms. The summed E-state index contributed by atoms with van der Waals surface area (Å²) < 4.78 is 4.78. The molecule has 1 unspecified atom stereocenters. The minimum absolute atomic E-state index is 0.153. The zero-order chi connectivity index (χ0) is 12.8. The lowest BCUT2D eigenvalue weighted by atomic mass is 9.83. The van der Waals surface area contributed by atoms with Gasteiger partial charge in [0.1, 0.15) is 0 Å². The standard InChI is InChI=1S/C16H18O2/c1-18-15(17)13-16(10-5-6-11-16)12-9-14-7-3-2-4-8-14/h2-5,7-10,12H,6,11,13H2,1H3/b12-9+. The average molecular weight is 242 g/mol. The van der Waals surface area contributed by atoms with Gasteiger partial charge in [-0.15, -0.1) is 0 Å². The highest BCUT2D eigenvalue weighted by Crippen LogP contribution is 2.37. The van der Waals surface area contributed by atoms with Crippen LogP contribution >= 0.6 is 0 Å². The molecule has 1 atom stereocenters. The molecule has 0 radical (unpaired) electrons. The van der Waals surface area contributed by atoms with E-state index in [9.17, 15) is 4.79 Å². The van der Waals surface area contributed by atoms with E-state index in [0.717, 1.165) is 18.4 Å². The Morgan fingerprint density at radius 3 is 2.78 bits per heavy atom. The molecule has 0 N–H and O–H groups in total. The van der Waals surface area contributed by atoms with Crippen molar-refractivity contribution in [3.63, 3.8) is 0 Å². The Bertz CT molecular complexity index is 459. The van der Waals surface area contributed by atoms with E-state index >= 15 is 0 Å². The quantitative estimate of drug-likeness (QED) is 0.595. The van der Waals surface area contributed by atoms with Crippen molar-refractivity contribution in [1.29, 1.82) is 0 Å². The van der Waals surface area contributed by atoms with Crippen LogP contribution in [0.2, 0.25) is 0 Å². The molecule has 1 aromatic rings. The van der Waals surface area contributed by atoms with Crippen molar-refractivity contribution in [2.45, 2.75) is 19.3 Å². The van der Waals surface area contributed by atoms with E-state index < -0.39 is 0 Å². The number of ether oxygens (including phenoxy) is 1. The normalized spacial score (nSPS) is 22.5. The van der Waals surface area contributed by atoms with Gasteiger partial charge in [-0.05, 0) is 18.4 Å². The first-order valence-corrected chi connectivity index (χ1v) is 6.23. The molecule has 1 aromatic carbocycles. The van der Waals surface area contributed by atoms with Gasteiger partial charge < -0.3 is 4.74 Å². The van der Waals surface area contributed by atoms with E-state index in [1.54, 1.807) is 0 Å². The van der Waals surface area contributed by atoms with Gasteiger partial charge in [0.2, 0.25) is 0 Å². The maximum Gasteiger partial charge on any atom is 0.306 e. The number of carbonyl (C=O) groups is 1. The summed E-state index contributed by atoms with van der Waals surface area (Å²) in [5.74, 6) is -0.153. The number of benzene rings is 1. The molecule has 0 aliphatic heterocycles. The number of hydrogen-bond acceptors (Lipinski definition) is 2. The highest BCUT2D eigenvalue weighted by Gasteiger charge is 2.30. The largest absolute Gasteiger partial charge is 0.469 e. The fourth-order valence-corrected chi connectivity index (χ4v) is 2.27. The molecule has 1 aliphatic carbocycles. The van der Waals surface area contributed by atoms with Crippen molar-refractivity contribution < 1.29 is 9.53 Å². The van der Waals surface area contributed by atoms with E-state index in [2.05, 4.69) is 36.4 Å². The second kappa shape index (κ2) is 5.67.